The van der Waals surface area contributed by atoms with E-state index in [1.54, 1.807) is 0 Å². The minimum Gasteiger partial charge on any atom is -0.326 e. The Hall–Kier alpha value is -1.86. The van der Waals surface area contributed by atoms with Crippen LogP contribution in [0, 0.1) is 6.92 Å². The van der Waals surface area contributed by atoms with Gasteiger partial charge in [-0.15, -0.1) is 23.1 Å². The summed E-state index contributed by atoms with van der Waals surface area (Å²) >= 11 is 2.86. The molecular formula is C17H21N3O2S2. The van der Waals surface area contributed by atoms with Crippen LogP contribution >= 0.6 is 23.1 Å². The molecule has 128 valence electrons. The van der Waals surface area contributed by atoms with Gasteiger partial charge in [-0.2, -0.15) is 0 Å². The van der Waals surface area contributed by atoms with E-state index >= 15 is 0 Å². The van der Waals surface area contributed by atoms with Crippen molar-refractivity contribution in [3.05, 3.63) is 35.3 Å². The van der Waals surface area contributed by atoms with Gasteiger partial charge in [0.2, 0.25) is 11.8 Å². The van der Waals surface area contributed by atoms with Crippen LogP contribution < -0.4 is 10.6 Å². The Bertz CT molecular complexity index is 715. The van der Waals surface area contributed by atoms with E-state index in [4.69, 9.17) is 0 Å². The molecule has 0 aliphatic rings. The molecule has 1 heterocycles. The highest BCUT2D eigenvalue weighted by Crippen LogP contribution is 2.27. The van der Waals surface area contributed by atoms with Gasteiger partial charge in [-0.3, -0.25) is 9.59 Å². The summed E-state index contributed by atoms with van der Waals surface area (Å²) in [6, 6.07) is 7.53. The lowest BCUT2D eigenvalue weighted by atomic mass is 10.3. The maximum absolute atomic E-state index is 12.2. The number of aromatic nitrogens is 1. The molecule has 2 aromatic rings. The lowest BCUT2D eigenvalue weighted by molar-refractivity contribution is -0.116. The third-order valence-electron chi connectivity index (χ3n) is 3.13. The van der Waals surface area contributed by atoms with E-state index in [0.29, 0.717) is 11.6 Å². The second-order valence-corrected chi connectivity index (χ2v) is 7.64. The first kappa shape index (κ1) is 18.5. The summed E-state index contributed by atoms with van der Waals surface area (Å²) in [4.78, 5) is 29.1. The number of hydrogen-bond acceptors (Lipinski definition) is 5. The molecule has 2 amide bonds. The number of nitrogens with zero attached hydrogens (tertiary/aromatic N) is 1. The number of hydrogen-bond donors (Lipinski definition) is 2. The number of nitrogens with one attached hydrogen (secondary N) is 2. The largest absolute Gasteiger partial charge is 0.326 e. The zero-order chi connectivity index (χ0) is 17.5. The smallest absolute Gasteiger partial charge is 0.239 e. The Kier molecular flexibility index (Phi) is 6.81. The van der Waals surface area contributed by atoms with Crippen LogP contribution in [0.1, 0.15) is 32.4 Å². The van der Waals surface area contributed by atoms with Crippen molar-refractivity contribution in [3.8, 4) is 0 Å². The van der Waals surface area contributed by atoms with Gasteiger partial charge in [0.05, 0.1) is 10.9 Å². The molecule has 1 aromatic heterocycles. The second-order valence-electron chi connectivity index (χ2n) is 5.37. The highest BCUT2D eigenvalue weighted by molar-refractivity contribution is 8.00. The zero-order valence-electron chi connectivity index (χ0n) is 14.0. The maximum Gasteiger partial charge on any atom is 0.239 e. The number of anilines is 2. The Morgan fingerprint density at radius 1 is 1.33 bits per heavy atom. The zero-order valence-corrected chi connectivity index (χ0v) is 15.6. The van der Waals surface area contributed by atoms with Crippen molar-refractivity contribution in [2.75, 3.05) is 10.6 Å². The van der Waals surface area contributed by atoms with E-state index in [-0.39, 0.29) is 17.1 Å². The summed E-state index contributed by atoms with van der Waals surface area (Å²) in [5, 5.41) is 7.94. The first-order chi connectivity index (χ1) is 11.5. The summed E-state index contributed by atoms with van der Waals surface area (Å²) in [6.45, 7) is 5.71. The quantitative estimate of drug-likeness (QED) is 0.719. The average Bonchev–Trinajstić information content (AvgIpc) is 2.92. The van der Waals surface area contributed by atoms with Gasteiger partial charge in [-0.05, 0) is 38.5 Å². The highest BCUT2D eigenvalue weighted by atomic mass is 32.2. The topological polar surface area (TPSA) is 71.1 Å². The van der Waals surface area contributed by atoms with Crippen LogP contribution in [0.15, 0.2) is 34.5 Å². The second kappa shape index (κ2) is 8.84. The Morgan fingerprint density at radius 3 is 2.79 bits per heavy atom. The molecule has 0 saturated carbocycles. The molecule has 7 heteroatoms. The molecule has 0 aliphatic carbocycles. The maximum atomic E-state index is 12.2. The minimum absolute atomic E-state index is 0.00424. The van der Waals surface area contributed by atoms with Crippen LogP contribution in [0.4, 0.5) is 10.8 Å². The Balaban J connectivity index is 1.94. The molecule has 0 fully saturated rings. The molecule has 5 nitrogen and oxygen atoms in total. The monoisotopic (exact) mass is 363 g/mol. The molecule has 2 rings (SSSR count). The van der Waals surface area contributed by atoms with Crippen LogP contribution in [-0.2, 0) is 9.59 Å². The van der Waals surface area contributed by atoms with E-state index in [1.165, 1.54) is 23.1 Å². The first-order valence-corrected chi connectivity index (χ1v) is 9.53. The molecule has 1 unspecified atom stereocenters. The summed E-state index contributed by atoms with van der Waals surface area (Å²) in [6.07, 6.45) is 1.32. The number of carbonyl (C=O) groups excluding carboxylic acids is 2. The van der Waals surface area contributed by atoms with Gasteiger partial charge >= 0.3 is 0 Å². The molecule has 1 aromatic carbocycles. The van der Waals surface area contributed by atoms with Crippen LogP contribution in [0.25, 0.3) is 0 Å². The molecule has 0 radical (unpaired) electrons. The van der Waals surface area contributed by atoms with Crippen molar-refractivity contribution >= 4 is 45.7 Å². The van der Waals surface area contributed by atoms with Gasteiger partial charge in [0, 0.05) is 22.4 Å². The number of amides is 2. The van der Waals surface area contributed by atoms with E-state index in [1.807, 2.05) is 50.4 Å². The van der Waals surface area contributed by atoms with Gasteiger partial charge in [-0.25, -0.2) is 4.98 Å². The first-order valence-electron chi connectivity index (χ1n) is 7.77. The summed E-state index contributed by atoms with van der Waals surface area (Å²) < 4.78 is 0. The summed E-state index contributed by atoms with van der Waals surface area (Å²) in [7, 11) is 0. The average molecular weight is 364 g/mol. The normalized spacial score (nSPS) is 11.8. The summed E-state index contributed by atoms with van der Waals surface area (Å²) in [5.41, 5.74) is 1.65. The Labute approximate surface area is 150 Å². The lowest BCUT2D eigenvalue weighted by Gasteiger charge is -2.12. The van der Waals surface area contributed by atoms with E-state index < -0.39 is 0 Å². The van der Waals surface area contributed by atoms with E-state index in [0.717, 1.165) is 22.7 Å². The van der Waals surface area contributed by atoms with Gasteiger partial charge in [-0.1, -0.05) is 13.0 Å². The standard InChI is InChI=1S/C17H21N3O2S2/c1-4-6-15(21)19-13-7-5-8-14(9-13)24-12(3)16(22)20-17-18-11(2)10-23-17/h5,7-10,12H,4,6H2,1-3H3,(H,19,21)(H,18,20,22). The van der Waals surface area contributed by atoms with Crippen LogP contribution in [0.5, 0.6) is 0 Å². The molecule has 1 atom stereocenters. The summed E-state index contributed by atoms with van der Waals surface area (Å²) in [5.74, 6) is -0.0839. The number of thioether (sulfide) groups is 1. The van der Waals surface area contributed by atoms with Crippen LogP contribution in [-0.4, -0.2) is 22.0 Å². The fraction of sp³-hybridized carbons (Fsp3) is 0.353. The van der Waals surface area contributed by atoms with Gasteiger partial charge in [0.15, 0.2) is 5.13 Å². The molecule has 24 heavy (non-hydrogen) atoms. The SMILES string of the molecule is CCCC(=O)Nc1cccc(SC(C)C(=O)Nc2nc(C)cs2)c1. The predicted molar refractivity (Wildman–Crippen MR) is 101 cm³/mol. The van der Waals surface area contributed by atoms with Crippen molar-refractivity contribution in [1.82, 2.24) is 4.98 Å². The van der Waals surface area contributed by atoms with Crippen LogP contribution in [0.2, 0.25) is 0 Å². The van der Waals surface area contributed by atoms with Gasteiger partial charge < -0.3 is 10.6 Å². The minimum atomic E-state index is -0.268. The number of aryl methyl sites for hydroxylation is 1. The van der Waals surface area contributed by atoms with E-state index in [2.05, 4.69) is 15.6 Å². The number of rotatable bonds is 7. The van der Waals surface area contributed by atoms with Gasteiger partial charge in [0.1, 0.15) is 0 Å². The molecule has 2 N–H and O–H groups in total. The molecular weight excluding hydrogens is 342 g/mol. The number of thiazole rings is 1. The van der Waals surface area contributed by atoms with Crippen molar-refractivity contribution in [3.63, 3.8) is 0 Å². The van der Waals surface area contributed by atoms with E-state index in [9.17, 15) is 9.59 Å². The van der Waals surface area contributed by atoms with Crippen LogP contribution in [0.3, 0.4) is 0 Å². The third-order valence-corrected chi connectivity index (χ3v) is 5.10. The number of benzene rings is 1. The van der Waals surface area contributed by atoms with Gasteiger partial charge in [0.25, 0.3) is 0 Å². The molecule has 0 bridgehead atoms. The van der Waals surface area contributed by atoms with Crippen molar-refractivity contribution in [2.45, 2.75) is 43.8 Å². The molecule has 0 spiro atoms. The van der Waals surface area contributed by atoms with Crippen molar-refractivity contribution in [1.29, 1.82) is 0 Å². The predicted octanol–water partition coefficient (Wildman–Crippen LogP) is 4.31. The fourth-order valence-electron chi connectivity index (χ4n) is 1.97. The molecule has 0 saturated heterocycles. The third kappa shape index (κ3) is 5.65. The van der Waals surface area contributed by atoms with Crippen molar-refractivity contribution in [2.24, 2.45) is 0 Å². The lowest BCUT2D eigenvalue weighted by Crippen LogP contribution is -2.22. The number of carbonyl (C=O) groups is 2. The van der Waals surface area contributed by atoms with Crippen molar-refractivity contribution < 1.29 is 9.59 Å². The highest BCUT2D eigenvalue weighted by Gasteiger charge is 2.16. The Morgan fingerprint density at radius 2 is 2.12 bits per heavy atom. The molecule has 0 aliphatic heterocycles. The fourth-order valence-corrected chi connectivity index (χ4v) is 3.59.